The number of H-pyrrole nitrogens is 1. The highest BCUT2D eigenvalue weighted by molar-refractivity contribution is 5.99. The van der Waals surface area contributed by atoms with Crippen molar-refractivity contribution in [2.45, 2.75) is 44.2 Å². The van der Waals surface area contributed by atoms with Crippen LogP contribution in [0.3, 0.4) is 0 Å². The van der Waals surface area contributed by atoms with E-state index in [1.165, 1.54) is 16.8 Å². The highest BCUT2D eigenvalue weighted by Gasteiger charge is 2.30. The van der Waals surface area contributed by atoms with Gasteiger partial charge in [-0.2, -0.15) is 0 Å². The molecule has 5 rings (SSSR count). The number of nitrogens with zero attached hydrogens (tertiary/aromatic N) is 2. The summed E-state index contributed by atoms with van der Waals surface area (Å²) in [6.45, 7) is 2.01. The van der Waals surface area contributed by atoms with Gasteiger partial charge in [0.05, 0.1) is 10.9 Å². The smallest absolute Gasteiger partial charge is 0.275 e. The summed E-state index contributed by atoms with van der Waals surface area (Å²) >= 11 is 0. The van der Waals surface area contributed by atoms with E-state index in [-0.39, 0.29) is 24.3 Å². The van der Waals surface area contributed by atoms with E-state index < -0.39 is 23.6 Å². The first-order chi connectivity index (χ1) is 15.9. The standard InChI is InChI=1S/C24H24F2N4O3/c25-17-3-1-16(19(26)12-17)13-29-9-7-14(8-10-29)15-2-4-18-20(11-15)28-30(24(18)33)21-5-6-22(31)27-23(21)32/h1-4,11-12,14,21,28H,5-10,13H2,(H,27,31,32). The fourth-order valence-electron chi connectivity index (χ4n) is 4.87. The molecule has 0 radical (unpaired) electrons. The predicted molar refractivity (Wildman–Crippen MR) is 118 cm³/mol. The number of carbonyl (C=O) groups excluding carboxylic acids is 2. The maximum atomic E-state index is 14.0. The van der Waals surface area contributed by atoms with Crippen molar-refractivity contribution >= 4 is 22.7 Å². The first-order valence-electron chi connectivity index (χ1n) is 11.1. The van der Waals surface area contributed by atoms with Gasteiger partial charge in [-0.15, -0.1) is 0 Å². The molecule has 7 nitrogen and oxygen atoms in total. The number of hydrogen-bond acceptors (Lipinski definition) is 4. The summed E-state index contributed by atoms with van der Waals surface area (Å²) in [6, 6.07) is 8.66. The third-order valence-corrected chi connectivity index (χ3v) is 6.72. The van der Waals surface area contributed by atoms with Gasteiger partial charge in [0.25, 0.3) is 11.5 Å². The maximum absolute atomic E-state index is 14.0. The zero-order valence-corrected chi connectivity index (χ0v) is 17.9. The third kappa shape index (κ3) is 4.20. The molecule has 172 valence electrons. The summed E-state index contributed by atoms with van der Waals surface area (Å²) in [7, 11) is 0. The van der Waals surface area contributed by atoms with Crippen molar-refractivity contribution in [1.29, 1.82) is 0 Å². The molecule has 2 aliphatic rings. The first kappa shape index (κ1) is 21.5. The van der Waals surface area contributed by atoms with Crippen molar-refractivity contribution < 1.29 is 18.4 Å². The number of imide groups is 1. The normalized spacial score (nSPS) is 20.4. The monoisotopic (exact) mass is 454 g/mol. The van der Waals surface area contributed by atoms with E-state index >= 15 is 0 Å². The number of aromatic amines is 1. The molecule has 3 aromatic rings. The molecule has 3 heterocycles. The molecular weight excluding hydrogens is 430 g/mol. The number of halogens is 2. The van der Waals surface area contributed by atoms with E-state index in [1.54, 1.807) is 6.07 Å². The summed E-state index contributed by atoms with van der Waals surface area (Å²) in [5.41, 5.74) is 1.98. The Hall–Kier alpha value is -3.33. The Morgan fingerprint density at radius 3 is 2.48 bits per heavy atom. The highest BCUT2D eigenvalue weighted by Crippen LogP contribution is 2.30. The van der Waals surface area contributed by atoms with Crippen molar-refractivity contribution in [3.63, 3.8) is 0 Å². The largest absolute Gasteiger partial charge is 0.299 e. The van der Waals surface area contributed by atoms with Crippen LogP contribution in [0.5, 0.6) is 0 Å². The number of aromatic nitrogens is 2. The zero-order chi connectivity index (χ0) is 23.1. The Kier molecular flexibility index (Phi) is 5.57. The number of carbonyl (C=O) groups is 2. The van der Waals surface area contributed by atoms with Crippen molar-refractivity contribution in [3.8, 4) is 0 Å². The fraction of sp³-hybridized carbons (Fsp3) is 0.375. The van der Waals surface area contributed by atoms with Gasteiger partial charge in [-0.3, -0.25) is 29.7 Å². The van der Waals surface area contributed by atoms with Gasteiger partial charge in [0.15, 0.2) is 0 Å². The van der Waals surface area contributed by atoms with Crippen LogP contribution in [0.2, 0.25) is 0 Å². The average Bonchev–Trinajstić information content (AvgIpc) is 3.12. The summed E-state index contributed by atoms with van der Waals surface area (Å²) in [5.74, 6) is -1.59. The summed E-state index contributed by atoms with van der Waals surface area (Å²) < 4.78 is 28.4. The quantitative estimate of drug-likeness (QED) is 0.594. The van der Waals surface area contributed by atoms with Crippen molar-refractivity contribution in [2.75, 3.05) is 13.1 Å². The van der Waals surface area contributed by atoms with Crippen LogP contribution < -0.4 is 10.9 Å². The van der Waals surface area contributed by atoms with Gasteiger partial charge < -0.3 is 0 Å². The lowest BCUT2D eigenvalue weighted by Gasteiger charge is -2.32. The number of hydrogen-bond donors (Lipinski definition) is 2. The minimum Gasteiger partial charge on any atom is -0.299 e. The second kappa shape index (κ2) is 8.55. The number of rotatable bonds is 4. The fourth-order valence-corrected chi connectivity index (χ4v) is 4.87. The minimum atomic E-state index is -0.721. The molecule has 2 N–H and O–H groups in total. The van der Waals surface area contributed by atoms with Crippen LogP contribution in [0.4, 0.5) is 8.78 Å². The lowest BCUT2D eigenvalue weighted by atomic mass is 9.89. The van der Waals surface area contributed by atoms with Gasteiger partial charge in [0.1, 0.15) is 17.7 Å². The van der Waals surface area contributed by atoms with Crippen LogP contribution in [-0.2, 0) is 16.1 Å². The van der Waals surface area contributed by atoms with E-state index in [2.05, 4.69) is 15.3 Å². The lowest BCUT2D eigenvalue weighted by molar-refractivity contribution is -0.136. The molecule has 0 saturated carbocycles. The van der Waals surface area contributed by atoms with Crippen LogP contribution in [-0.4, -0.2) is 39.6 Å². The Morgan fingerprint density at radius 2 is 1.76 bits per heavy atom. The van der Waals surface area contributed by atoms with E-state index in [1.807, 2.05) is 12.1 Å². The van der Waals surface area contributed by atoms with E-state index in [0.717, 1.165) is 37.6 Å². The molecule has 2 aliphatic heterocycles. The first-order valence-corrected chi connectivity index (χ1v) is 11.1. The SMILES string of the molecule is O=C1CCC(n2[nH]c3cc(C4CCN(Cc5ccc(F)cc5F)CC4)ccc3c2=O)C(=O)N1. The van der Waals surface area contributed by atoms with E-state index in [9.17, 15) is 23.2 Å². The number of piperidine rings is 2. The lowest BCUT2D eigenvalue weighted by Crippen LogP contribution is -2.44. The van der Waals surface area contributed by atoms with Gasteiger partial charge in [0, 0.05) is 24.6 Å². The molecule has 2 aromatic carbocycles. The van der Waals surface area contributed by atoms with E-state index in [4.69, 9.17) is 0 Å². The molecule has 0 aliphatic carbocycles. The molecule has 2 amide bonds. The van der Waals surface area contributed by atoms with Crippen LogP contribution >= 0.6 is 0 Å². The van der Waals surface area contributed by atoms with Crippen LogP contribution in [0.15, 0.2) is 41.2 Å². The van der Waals surface area contributed by atoms with Crippen molar-refractivity contribution in [3.05, 3.63) is 69.5 Å². The minimum absolute atomic E-state index is 0.198. The second-order valence-electron chi connectivity index (χ2n) is 8.85. The number of benzene rings is 2. The molecule has 0 spiro atoms. The summed E-state index contributed by atoms with van der Waals surface area (Å²) in [6.07, 6.45) is 2.25. The van der Waals surface area contributed by atoms with Crippen molar-refractivity contribution in [2.24, 2.45) is 0 Å². The Bertz CT molecular complexity index is 1290. The van der Waals surface area contributed by atoms with Gasteiger partial charge in [0.2, 0.25) is 5.91 Å². The van der Waals surface area contributed by atoms with Crippen LogP contribution in [0, 0.1) is 11.6 Å². The van der Waals surface area contributed by atoms with Gasteiger partial charge >= 0.3 is 0 Å². The Morgan fingerprint density at radius 1 is 0.970 bits per heavy atom. The van der Waals surface area contributed by atoms with Gasteiger partial charge in [-0.05, 0) is 62.0 Å². The summed E-state index contributed by atoms with van der Waals surface area (Å²) in [5, 5.41) is 5.85. The van der Waals surface area contributed by atoms with Gasteiger partial charge in [-0.25, -0.2) is 13.5 Å². The second-order valence-corrected chi connectivity index (χ2v) is 8.85. The molecule has 9 heteroatoms. The number of likely N-dealkylation sites (tertiary alicyclic amines) is 1. The van der Waals surface area contributed by atoms with Crippen molar-refractivity contribution in [1.82, 2.24) is 20.0 Å². The Labute approximate surface area is 188 Å². The molecule has 2 saturated heterocycles. The number of nitrogens with one attached hydrogen (secondary N) is 2. The topological polar surface area (TPSA) is 87.2 Å². The van der Waals surface area contributed by atoms with E-state index in [0.29, 0.717) is 28.9 Å². The summed E-state index contributed by atoms with van der Waals surface area (Å²) in [4.78, 5) is 38.6. The molecular formula is C24H24F2N4O3. The van der Waals surface area contributed by atoms with Gasteiger partial charge in [-0.1, -0.05) is 12.1 Å². The Balaban J connectivity index is 1.29. The maximum Gasteiger partial charge on any atom is 0.275 e. The average molecular weight is 454 g/mol. The highest BCUT2D eigenvalue weighted by atomic mass is 19.1. The molecule has 1 unspecified atom stereocenters. The zero-order valence-electron chi connectivity index (χ0n) is 17.9. The number of fused-ring (bicyclic) bond motifs is 1. The predicted octanol–water partition coefficient (Wildman–Crippen LogP) is 2.97. The molecule has 33 heavy (non-hydrogen) atoms. The van der Waals surface area contributed by atoms with Crippen LogP contribution in [0.25, 0.3) is 10.9 Å². The molecule has 1 aromatic heterocycles. The molecule has 1 atom stereocenters. The molecule has 2 fully saturated rings. The van der Waals surface area contributed by atoms with Crippen LogP contribution in [0.1, 0.15) is 48.8 Å². The number of amides is 2. The third-order valence-electron chi connectivity index (χ3n) is 6.72. The molecule has 0 bridgehead atoms.